The van der Waals surface area contributed by atoms with Crippen molar-refractivity contribution in [2.45, 2.75) is 20.3 Å². The van der Waals surface area contributed by atoms with Gasteiger partial charge in [-0.05, 0) is 25.5 Å². The highest BCUT2D eigenvalue weighted by Gasteiger charge is 2.20. The van der Waals surface area contributed by atoms with Crippen LogP contribution in [0.3, 0.4) is 0 Å². The Morgan fingerprint density at radius 1 is 1.07 bits per heavy atom. The molecule has 1 aliphatic rings. The summed E-state index contributed by atoms with van der Waals surface area (Å²) in [6.07, 6.45) is 5.30. The number of nitrogens with zero attached hydrogens (tertiary/aromatic N) is 6. The Morgan fingerprint density at radius 2 is 1.86 bits per heavy atom. The summed E-state index contributed by atoms with van der Waals surface area (Å²) in [6.45, 7) is 8.77. The van der Waals surface area contributed by atoms with Crippen LogP contribution in [0.5, 0.6) is 0 Å². The number of aromatic nitrogens is 4. The third-order valence-corrected chi connectivity index (χ3v) is 5.58. The number of aryl methyl sites for hydroxylation is 1. The summed E-state index contributed by atoms with van der Waals surface area (Å²) < 4.78 is 1.69. The fraction of sp³-hybridized carbons (Fsp3) is 0.364. The molecule has 150 valence electrons. The summed E-state index contributed by atoms with van der Waals surface area (Å²) in [5.41, 5.74) is 4.11. The molecule has 0 bridgehead atoms. The van der Waals surface area contributed by atoms with Gasteiger partial charge in [0.1, 0.15) is 6.33 Å². The van der Waals surface area contributed by atoms with E-state index in [4.69, 9.17) is 0 Å². The predicted molar refractivity (Wildman–Crippen MR) is 113 cm³/mol. The van der Waals surface area contributed by atoms with E-state index in [0.717, 1.165) is 38.4 Å². The van der Waals surface area contributed by atoms with E-state index in [2.05, 4.69) is 56.1 Å². The lowest BCUT2D eigenvalue weighted by Gasteiger charge is -2.36. The summed E-state index contributed by atoms with van der Waals surface area (Å²) >= 11 is 0. The number of hydrogen-bond acceptors (Lipinski definition) is 6. The molecule has 7 heteroatoms. The van der Waals surface area contributed by atoms with Crippen molar-refractivity contribution >= 4 is 11.5 Å². The Bertz CT molecular complexity index is 976. The van der Waals surface area contributed by atoms with Gasteiger partial charge in [-0.2, -0.15) is 5.10 Å². The molecule has 0 amide bonds. The van der Waals surface area contributed by atoms with Gasteiger partial charge >= 0.3 is 0 Å². The molecule has 0 N–H and O–H groups in total. The molecule has 1 aliphatic heterocycles. The highest BCUT2D eigenvalue weighted by Crippen LogP contribution is 2.21. The Labute approximate surface area is 171 Å². The van der Waals surface area contributed by atoms with E-state index in [1.54, 1.807) is 23.1 Å². The smallest absolute Gasteiger partial charge is 0.167 e. The number of para-hydroxylation sites is 1. The molecule has 0 atom stereocenters. The predicted octanol–water partition coefficient (Wildman–Crippen LogP) is 2.67. The fourth-order valence-corrected chi connectivity index (χ4v) is 3.85. The van der Waals surface area contributed by atoms with Crippen LogP contribution in [-0.2, 0) is 0 Å². The number of benzene rings is 1. The van der Waals surface area contributed by atoms with Crippen molar-refractivity contribution in [3.63, 3.8) is 0 Å². The van der Waals surface area contributed by atoms with E-state index in [0.29, 0.717) is 17.8 Å². The molecular formula is C22H26N6O. The van der Waals surface area contributed by atoms with Crippen LogP contribution in [0.25, 0.3) is 5.82 Å². The Hall–Kier alpha value is -3.06. The van der Waals surface area contributed by atoms with Crippen molar-refractivity contribution in [2.75, 3.05) is 37.6 Å². The molecule has 29 heavy (non-hydrogen) atoms. The second kappa shape index (κ2) is 8.53. The van der Waals surface area contributed by atoms with E-state index in [1.807, 2.05) is 6.92 Å². The molecule has 1 fully saturated rings. The van der Waals surface area contributed by atoms with Gasteiger partial charge in [-0.1, -0.05) is 18.2 Å². The summed E-state index contributed by atoms with van der Waals surface area (Å²) in [6, 6.07) is 10.3. The average Bonchev–Trinajstić information content (AvgIpc) is 3.15. The monoisotopic (exact) mass is 390 g/mol. The molecule has 7 nitrogen and oxygen atoms in total. The van der Waals surface area contributed by atoms with Crippen LogP contribution >= 0.6 is 0 Å². The quantitative estimate of drug-likeness (QED) is 0.603. The summed E-state index contributed by atoms with van der Waals surface area (Å²) in [5, 5.41) is 4.34. The van der Waals surface area contributed by atoms with Crippen LogP contribution in [0.4, 0.5) is 5.69 Å². The minimum Gasteiger partial charge on any atom is -0.369 e. The molecule has 3 aromatic rings. The highest BCUT2D eigenvalue weighted by atomic mass is 16.1. The van der Waals surface area contributed by atoms with Gasteiger partial charge in [0.25, 0.3) is 0 Å². The number of ketones is 1. The molecule has 0 spiro atoms. The second-order valence-corrected chi connectivity index (χ2v) is 7.41. The van der Waals surface area contributed by atoms with Crippen molar-refractivity contribution in [3.8, 4) is 5.82 Å². The topological polar surface area (TPSA) is 67.2 Å². The second-order valence-electron chi connectivity index (χ2n) is 7.41. The number of carbonyl (C=O) groups excluding carboxylic acids is 1. The molecule has 4 rings (SSSR count). The van der Waals surface area contributed by atoms with E-state index >= 15 is 0 Å². The van der Waals surface area contributed by atoms with Gasteiger partial charge < -0.3 is 4.90 Å². The standard InChI is InChI=1S/C22H26N6O/c1-17-5-3-4-6-20(17)27-13-11-26(12-14-27)10-8-21(29)19-15-25-28(18(19)2)22-7-9-23-16-24-22/h3-7,9,15-16H,8,10-14H2,1-2H3. The number of rotatable bonds is 6. The molecule has 3 heterocycles. The van der Waals surface area contributed by atoms with Crippen LogP contribution in [0.2, 0.25) is 0 Å². The molecule has 0 aliphatic carbocycles. The first-order valence-electron chi connectivity index (χ1n) is 10.0. The minimum atomic E-state index is 0.129. The summed E-state index contributed by atoms with van der Waals surface area (Å²) in [7, 11) is 0. The summed E-state index contributed by atoms with van der Waals surface area (Å²) in [5.74, 6) is 0.799. The van der Waals surface area contributed by atoms with Gasteiger partial charge in [-0.3, -0.25) is 9.69 Å². The van der Waals surface area contributed by atoms with Gasteiger partial charge in [0.05, 0.1) is 17.5 Å². The van der Waals surface area contributed by atoms with Gasteiger partial charge in [-0.15, -0.1) is 0 Å². The van der Waals surface area contributed by atoms with Crippen molar-refractivity contribution < 1.29 is 4.79 Å². The lowest BCUT2D eigenvalue weighted by Crippen LogP contribution is -2.47. The van der Waals surface area contributed by atoms with Crippen LogP contribution in [0, 0.1) is 13.8 Å². The van der Waals surface area contributed by atoms with Crippen molar-refractivity contribution in [3.05, 3.63) is 65.9 Å². The van der Waals surface area contributed by atoms with Crippen LogP contribution in [-0.4, -0.2) is 63.2 Å². The first-order chi connectivity index (χ1) is 14.1. The largest absolute Gasteiger partial charge is 0.369 e. The third-order valence-electron chi connectivity index (χ3n) is 5.58. The Morgan fingerprint density at radius 3 is 2.59 bits per heavy atom. The van der Waals surface area contributed by atoms with Crippen molar-refractivity contribution in [1.29, 1.82) is 0 Å². The van der Waals surface area contributed by atoms with E-state index in [9.17, 15) is 4.79 Å². The minimum absolute atomic E-state index is 0.129. The van der Waals surface area contributed by atoms with Crippen molar-refractivity contribution in [2.24, 2.45) is 0 Å². The molecule has 0 radical (unpaired) electrons. The summed E-state index contributed by atoms with van der Waals surface area (Å²) in [4.78, 5) is 25.7. The number of Topliss-reactive ketones (excluding diaryl/α,β-unsaturated/α-hetero) is 1. The molecule has 2 aromatic heterocycles. The van der Waals surface area contributed by atoms with Gasteiger partial charge in [0.15, 0.2) is 11.6 Å². The SMILES string of the molecule is Cc1ccccc1N1CCN(CCC(=O)c2cnn(-c3ccncn3)c2C)CC1. The highest BCUT2D eigenvalue weighted by molar-refractivity contribution is 5.97. The van der Waals surface area contributed by atoms with E-state index in [1.165, 1.54) is 17.6 Å². The van der Waals surface area contributed by atoms with E-state index in [-0.39, 0.29) is 5.78 Å². The molecule has 1 saturated heterocycles. The zero-order valence-electron chi connectivity index (χ0n) is 17.0. The maximum absolute atomic E-state index is 12.8. The number of hydrogen-bond donors (Lipinski definition) is 0. The van der Waals surface area contributed by atoms with Gasteiger partial charge in [0.2, 0.25) is 0 Å². The number of anilines is 1. The van der Waals surface area contributed by atoms with Crippen LogP contribution in [0.15, 0.2) is 49.1 Å². The number of piperazine rings is 1. The maximum atomic E-state index is 12.8. The fourth-order valence-electron chi connectivity index (χ4n) is 3.85. The first-order valence-corrected chi connectivity index (χ1v) is 10.0. The number of carbonyl (C=O) groups is 1. The Kier molecular flexibility index (Phi) is 5.67. The Balaban J connectivity index is 1.32. The molecule has 1 aromatic carbocycles. The van der Waals surface area contributed by atoms with Gasteiger partial charge in [-0.25, -0.2) is 14.6 Å². The lowest BCUT2D eigenvalue weighted by molar-refractivity contribution is 0.0962. The molecular weight excluding hydrogens is 364 g/mol. The zero-order valence-corrected chi connectivity index (χ0v) is 17.0. The zero-order chi connectivity index (χ0) is 20.2. The molecule has 0 unspecified atom stereocenters. The van der Waals surface area contributed by atoms with Crippen LogP contribution in [0.1, 0.15) is 28.0 Å². The third kappa shape index (κ3) is 4.19. The van der Waals surface area contributed by atoms with E-state index < -0.39 is 0 Å². The van der Waals surface area contributed by atoms with Crippen LogP contribution < -0.4 is 4.90 Å². The average molecular weight is 390 g/mol. The molecule has 0 saturated carbocycles. The lowest BCUT2D eigenvalue weighted by atomic mass is 10.1. The maximum Gasteiger partial charge on any atom is 0.167 e. The van der Waals surface area contributed by atoms with Crippen molar-refractivity contribution in [1.82, 2.24) is 24.6 Å². The first kappa shape index (κ1) is 19.3. The van der Waals surface area contributed by atoms with Gasteiger partial charge in [0, 0.05) is 57.1 Å². The normalized spacial score (nSPS) is 14.9.